The number of allylic oxidation sites excluding steroid dienone is 1. The molecule has 3 aromatic rings. The number of rotatable bonds is 7. The molecule has 4 rings (SSSR count). The minimum absolute atomic E-state index is 0.186. The summed E-state index contributed by atoms with van der Waals surface area (Å²) in [5.41, 5.74) is 13.0. The van der Waals surface area contributed by atoms with Crippen LogP contribution in [0.25, 0.3) is 11.1 Å². The fourth-order valence-corrected chi connectivity index (χ4v) is 3.93. The quantitative estimate of drug-likeness (QED) is 0.620. The first-order valence-corrected chi connectivity index (χ1v) is 10.3. The van der Waals surface area contributed by atoms with Crippen LogP contribution in [0.2, 0.25) is 0 Å². The van der Waals surface area contributed by atoms with Crippen molar-refractivity contribution in [2.24, 2.45) is 5.73 Å². The molecule has 3 N–H and O–H groups in total. The van der Waals surface area contributed by atoms with Crippen LogP contribution in [-0.2, 0) is 6.42 Å². The molecule has 0 fully saturated rings. The number of aryl methyl sites for hydroxylation is 1. The van der Waals surface area contributed by atoms with E-state index >= 15 is 0 Å². The van der Waals surface area contributed by atoms with Gasteiger partial charge in [-0.3, -0.25) is 0 Å². The van der Waals surface area contributed by atoms with Crippen molar-refractivity contribution in [2.75, 3.05) is 20.3 Å². The molecular weight excluding hydrogens is 374 g/mol. The molecule has 3 aromatic carbocycles. The third-order valence-corrected chi connectivity index (χ3v) is 5.51. The van der Waals surface area contributed by atoms with Gasteiger partial charge in [0, 0.05) is 6.54 Å². The summed E-state index contributed by atoms with van der Waals surface area (Å²) in [7, 11) is 1.71. The number of aliphatic hydroxyl groups excluding tert-OH is 1. The Balaban J connectivity index is 1.76. The minimum atomic E-state index is -0.655. The van der Waals surface area contributed by atoms with Crippen LogP contribution in [0.1, 0.15) is 28.7 Å². The van der Waals surface area contributed by atoms with Crippen molar-refractivity contribution in [2.45, 2.75) is 18.9 Å². The van der Waals surface area contributed by atoms with Gasteiger partial charge in [-0.1, -0.05) is 48.5 Å². The van der Waals surface area contributed by atoms with Gasteiger partial charge in [-0.05, 0) is 70.5 Å². The van der Waals surface area contributed by atoms with Crippen LogP contribution in [0, 0.1) is 0 Å². The third kappa shape index (κ3) is 4.25. The number of hydrogen-bond donors (Lipinski definition) is 2. The fraction of sp³-hybridized carbons (Fsp3) is 0.231. The first kappa shape index (κ1) is 20.2. The van der Waals surface area contributed by atoms with E-state index in [1.54, 1.807) is 7.11 Å². The van der Waals surface area contributed by atoms with Gasteiger partial charge < -0.3 is 20.3 Å². The number of aliphatic hydroxyl groups is 1. The smallest absolute Gasteiger partial charge is 0.119 e. The third-order valence-electron chi connectivity index (χ3n) is 5.51. The van der Waals surface area contributed by atoms with E-state index < -0.39 is 6.10 Å². The number of ether oxygens (including phenoxy) is 2. The average molecular weight is 402 g/mol. The topological polar surface area (TPSA) is 64.7 Å². The Hall–Kier alpha value is -3.08. The highest BCUT2D eigenvalue weighted by Gasteiger charge is 2.22. The highest BCUT2D eigenvalue weighted by molar-refractivity contribution is 6.00. The number of hydrogen-bond acceptors (Lipinski definition) is 4. The highest BCUT2D eigenvalue weighted by Crippen LogP contribution is 2.42. The molecule has 30 heavy (non-hydrogen) atoms. The highest BCUT2D eigenvalue weighted by atomic mass is 16.5. The largest absolute Gasteiger partial charge is 0.497 e. The summed E-state index contributed by atoms with van der Waals surface area (Å²) in [6.07, 6.45) is 1.30. The van der Waals surface area contributed by atoms with Gasteiger partial charge in [0.15, 0.2) is 0 Å². The van der Waals surface area contributed by atoms with E-state index in [4.69, 9.17) is 15.2 Å². The standard InChI is InChI=1S/C26H27NO3/c1-29-23-12-14-25-20(15-23)9-13-24(18-5-3-2-4-6-18)26(25)19-7-10-22(11-8-19)30-17-21(28)16-27/h2-8,10-12,14-15,21,28H,9,13,16-17,27H2,1H3. The lowest BCUT2D eigenvalue weighted by Gasteiger charge is -2.25. The molecule has 0 aromatic heterocycles. The van der Waals surface area contributed by atoms with Crippen molar-refractivity contribution in [1.29, 1.82) is 0 Å². The zero-order chi connectivity index (χ0) is 20.9. The molecule has 1 atom stereocenters. The second-order valence-corrected chi connectivity index (χ2v) is 7.47. The van der Waals surface area contributed by atoms with E-state index in [9.17, 15) is 5.11 Å². The summed E-state index contributed by atoms with van der Waals surface area (Å²) in [5.74, 6) is 1.61. The molecule has 0 saturated carbocycles. The zero-order valence-corrected chi connectivity index (χ0v) is 17.2. The van der Waals surface area contributed by atoms with Gasteiger partial charge in [-0.2, -0.15) is 0 Å². The monoisotopic (exact) mass is 401 g/mol. The Bertz CT molecular complexity index is 1030. The summed E-state index contributed by atoms with van der Waals surface area (Å²) >= 11 is 0. The van der Waals surface area contributed by atoms with Gasteiger partial charge in [-0.25, -0.2) is 0 Å². The lowest BCUT2D eigenvalue weighted by Crippen LogP contribution is -2.26. The normalized spacial score (nSPS) is 14.2. The minimum Gasteiger partial charge on any atom is -0.497 e. The second-order valence-electron chi connectivity index (χ2n) is 7.47. The van der Waals surface area contributed by atoms with Gasteiger partial charge in [0.05, 0.1) is 7.11 Å². The Labute approximate surface area is 177 Å². The van der Waals surface area contributed by atoms with Crippen molar-refractivity contribution >= 4 is 11.1 Å². The maximum absolute atomic E-state index is 9.62. The van der Waals surface area contributed by atoms with Crippen molar-refractivity contribution in [3.05, 3.63) is 95.1 Å². The van der Waals surface area contributed by atoms with Crippen LogP contribution >= 0.6 is 0 Å². The molecule has 0 bridgehead atoms. The zero-order valence-electron chi connectivity index (χ0n) is 17.2. The number of fused-ring (bicyclic) bond motifs is 1. The van der Waals surface area contributed by atoms with Crippen LogP contribution in [0.3, 0.4) is 0 Å². The molecule has 0 heterocycles. The molecule has 0 saturated heterocycles. The predicted octanol–water partition coefficient (Wildman–Crippen LogP) is 4.30. The molecule has 1 unspecified atom stereocenters. The van der Waals surface area contributed by atoms with Gasteiger partial charge in [0.2, 0.25) is 0 Å². The van der Waals surface area contributed by atoms with Crippen molar-refractivity contribution in [3.8, 4) is 11.5 Å². The van der Waals surface area contributed by atoms with Crippen LogP contribution in [0.15, 0.2) is 72.8 Å². The Morgan fingerprint density at radius 2 is 1.63 bits per heavy atom. The van der Waals surface area contributed by atoms with Gasteiger partial charge in [0.1, 0.15) is 24.2 Å². The van der Waals surface area contributed by atoms with Gasteiger partial charge in [-0.15, -0.1) is 0 Å². The van der Waals surface area contributed by atoms with Gasteiger partial charge >= 0.3 is 0 Å². The molecule has 1 aliphatic rings. The fourth-order valence-electron chi connectivity index (χ4n) is 3.93. The van der Waals surface area contributed by atoms with Crippen LogP contribution in [0.5, 0.6) is 11.5 Å². The Morgan fingerprint density at radius 1 is 0.900 bits per heavy atom. The van der Waals surface area contributed by atoms with E-state index in [0.717, 1.165) is 29.9 Å². The maximum Gasteiger partial charge on any atom is 0.119 e. The summed E-state index contributed by atoms with van der Waals surface area (Å²) in [5, 5.41) is 9.62. The van der Waals surface area contributed by atoms with E-state index in [0.29, 0.717) is 0 Å². The Kier molecular flexibility index (Phi) is 6.17. The molecule has 0 radical (unpaired) electrons. The summed E-state index contributed by atoms with van der Waals surface area (Å²) in [6.45, 7) is 0.377. The number of benzene rings is 3. The lowest BCUT2D eigenvalue weighted by molar-refractivity contribution is 0.114. The van der Waals surface area contributed by atoms with Crippen molar-refractivity contribution in [3.63, 3.8) is 0 Å². The summed E-state index contributed by atoms with van der Waals surface area (Å²) < 4.78 is 11.1. The Morgan fingerprint density at radius 3 is 2.33 bits per heavy atom. The summed E-state index contributed by atoms with van der Waals surface area (Å²) in [6, 6.07) is 25.0. The molecule has 0 spiro atoms. The second kappa shape index (κ2) is 9.16. The molecule has 0 amide bonds. The van der Waals surface area contributed by atoms with E-state index in [1.165, 1.54) is 27.8 Å². The first-order valence-electron chi connectivity index (χ1n) is 10.3. The lowest BCUT2D eigenvalue weighted by atomic mass is 9.79. The van der Waals surface area contributed by atoms with Crippen LogP contribution in [-0.4, -0.2) is 31.5 Å². The molecule has 4 nitrogen and oxygen atoms in total. The van der Waals surface area contributed by atoms with Crippen LogP contribution in [0.4, 0.5) is 0 Å². The van der Waals surface area contributed by atoms with Crippen LogP contribution < -0.4 is 15.2 Å². The first-order chi connectivity index (χ1) is 14.7. The SMILES string of the molecule is COc1ccc2c(c1)CCC(c1ccccc1)=C2c1ccc(OCC(O)CN)cc1. The van der Waals surface area contributed by atoms with Crippen molar-refractivity contribution < 1.29 is 14.6 Å². The number of methoxy groups -OCH3 is 1. The van der Waals surface area contributed by atoms with E-state index in [1.807, 2.05) is 24.3 Å². The molecule has 154 valence electrons. The van der Waals surface area contributed by atoms with E-state index in [-0.39, 0.29) is 13.2 Å². The molecule has 4 heteroatoms. The predicted molar refractivity (Wildman–Crippen MR) is 121 cm³/mol. The molecule has 0 aliphatic heterocycles. The number of nitrogens with two attached hydrogens (primary N) is 1. The summed E-state index contributed by atoms with van der Waals surface area (Å²) in [4.78, 5) is 0. The molecule has 1 aliphatic carbocycles. The van der Waals surface area contributed by atoms with Gasteiger partial charge in [0.25, 0.3) is 0 Å². The average Bonchev–Trinajstić information content (AvgIpc) is 2.82. The van der Waals surface area contributed by atoms with E-state index in [2.05, 4.69) is 48.5 Å². The maximum atomic E-state index is 9.62. The molecular formula is C26H27NO3. The van der Waals surface area contributed by atoms with Crippen molar-refractivity contribution in [1.82, 2.24) is 0 Å².